The van der Waals surface area contributed by atoms with Crippen molar-refractivity contribution in [3.05, 3.63) is 53.3 Å². The first-order valence-electron chi connectivity index (χ1n) is 11.0. The largest absolute Gasteiger partial charge is 0.493 e. The molecule has 0 radical (unpaired) electrons. The summed E-state index contributed by atoms with van der Waals surface area (Å²) in [6.45, 7) is 2.48. The highest BCUT2D eigenvalue weighted by Crippen LogP contribution is 2.43. The Kier molecular flexibility index (Phi) is 5.86. The van der Waals surface area contributed by atoms with Crippen molar-refractivity contribution in [1.82, 2.24) is 20.1 Å². The molecule has 0 spiro atoms. The van der Waals surface area contributed by atoms with E-state index in [-0.39, 0.29) is 11.9 Å². The summed E-state index contributed by atoms with van der Waals surface area (Å²) in [5.74, 6) is 1.39. The van der Waals surface area contributed by atoms with Crippen LogP contribution in [0.25, 0.3) is 22.2 Å². The van der Waals surface area contributed by atoms with E-state index in [2.05, 4.69) is 15.6 Å². The first-order valence-corrected chi connectivity index (χ1v) is 11.4. The Morgan fingerprint density at radius 1 is 1.11 bits per heavy atom. The molecule has 0 saturated carbocycles. The van der Waals surface area contributed by atoms with E-state index in [1.165, 1.54) is 0 Å². The molecular formula is C25H24ClN5O4. The smallest absolute Gasteiger partial charge is 0.271 e. The molecule has 1 atom stereocenters. The van der Waals surface area contributed by atoms with Gasteiger partial charge in [-0.15, -0.1) is 0 Å². The van der Waals surface area contributed by atoms with Gasteiger partial charge in [0.25, 0.3) is 5.91 Å². The van der Waals surface area contributed by atoms with Crippen molar-refractivity contribution >= 4 is 39.8 Å². The normalized spacial score (nSPS) is 14.9. The molecule has 2 aromatic heterocycles. The number of benzene rings is 2. The number of ether oxygens (including phenoxy) is 3. The summed E-state index contributed by atoms with van der Waals surface area (Å²) in [7, 11) is 4.71. The number of carbonyl (C=O) groups is 1. The molecule has 0 unspecified atom stereocenters. The van der Waals surface area contributed by atoms with Gasteiger partial charge in [-0.1, -0.05) is 17.7 Å². The predicted molar refractivity (Wildman–Crippen MR) is 134 cm³/mol. The number of aromatic nitrogens is 3. The molecule has 180 valence electrons. The van der Waals surface area contributed by atoms with Crippen LogP contribution in [0, 0.1) is 0 Å². The van der Waals surface area contributed by atoms with Gasteiger partial charge < -0.3 is 24.8 Å². The second kappa shape index (κ2) is 8.99. The SMILES string of the molecule is COc1cc2nccc(-c3nn4c(c3Nc3cccc(Cl)c3OC)C(=O)NC[C@H]4C)c2cc1OC. The molecule has 9 nitrogen and oxygen atoms in total. The molecule has 5 rings (SSSR count). The highest BCUT2D eigenvalue weighted by molar-refractivity contribution is 6.32. The van der Waals surface area contributed by atoms with Crippen LogP contribution in [0.15, 0.2) is 42.6 Å². The number of amides is 1. The van der Waals surface area contributed by atoms with Crippen LogP contribution in [0.2, 0.25) is 5.02 Å². The van der Waals surface area contributed by atoms with Gasteiger partial charge in [0.2, 0.25) is 0 Å². The Labute approximate surface area is 207 Å². The third-order valence-electron chi connectivity index (χ3n) is 6.03. The fraction of sp³-hybridized carbons (Fsp3) is 0.240. The minimum Gasteiger partial charge on any atom is -0.493 e. The number of carbonyl (C=O) groups excluding carboxylic acids is 1. The van der Waals surface area contributed by atoms with Gasteiger partial charge in [0.1, 0.15) is 5.69 Å². The summed E-state index contributed by atoms with van der Waals surface area (Å²) in [5.41, 5.74) is 3.64. The number of halogens is 1. The molecule has 35 heavy (non-hydrogen) atoms. The van der Waals surface area contributed by atoms with Gasteiger partial charge >= 0.3 is 0 Å². The van der Waals surface area contributed by atoms with Crippen LogP contribution in [-0.2, 0) is 0 Å². The summed E-state index contributed by atoms with van der Waals surface area (Å²) >= 11 is 6.36. The lowest BCUT2D eigenvalue weighted by Crippen LogP contribution is -2.38. The third-order valence-corrected chi connectivity index (χ3v) is 6.33. The zero-order chi connectivity index (χ0) is 24.7. The van der Waals surface area contributed by atoms with Gasteiger partial charge in [-0.3, -0.25) is 14.5 Å². The van der Waals surface area contributed by atoms with E-state index in [1.807, 2.05) is 37.3 Å². The van der Waals surface area contributed by atoms with E-state index < -0.39 is 0 Å². The van der Waals surface area contributed by atoms with Gasteiger partial charge in [0.05, 0.1) is 49.3 Å². The number of pyridine rings is 1. The molecule has 1 aliphatic rings. The van der Waals surface area contributed by atoms with E-state index in [1.54, 1.807) is 38.3 Å². The number of rotatable bonds is 6. The third kappa shape index (κ3) is 3.77. The molecule has 0 saturated heterocycles. The van der Waals surface area contributed by atoms with Gasteiger partial charge in [0.15, 0.2) is 22.9 Å². The molecule has 0 bridgehead atoms. The summed E-state index contributed by atoms with van der Waals surface area (Å²) in [6, 6.07) is 10.9. The van der Waals surface area contributed by atoms with Crippen molar-refractivity contribution in [2.75, 3.05) is 33.2 Å². The Hall–Kier alpha value is -3.98. The van der Waals surface area contributed by atoms with Gasteiger partial charge in [-0.05, 0) is 31.2 Å². The quantitative estimate of drug-likeness (QED) is 0.397. The van der Waals surface area contributed by atoms with Crippen molar-refractivity contribution < 1.29 is 19.0 Å². The summed E-state index contributed by atoms with van der Waals surface area (Å²) in [4.78, 5) is 17.5. The van der Waals surface area contributed by atoms with Crippen LogP contribution >= 0.6 is 11.6 Å². The minimum absolute atomic E-state index is 0.0408. The van der Waals surface area contributed by atoms with Crippen molar-refractivity contribution in [2.24, 2.45) is 0 Å². The van der Waals surface area contributed by atoms with E-state index >= 15 is 0 Å². The van der Waals surface area contributed by atoms with E-state index in [0.717, 1.165) is 10.9 Å². The molecule has 1 amide bonds. The average Bonchev–Trinajstić information content (AvgIpc) is 3.25. The molecule has 0 fully saturated rings. The number of hydrogen-bond acceptors (Lipinski definition) is 7. The number of anilines is 2. The lowest BCUT2D eigenvalue weighted by Gasteiger charge is -2.22. The lowest BCUT2D eigenvalue weighted by atomic mass is 10.0. The summed E-state index contributed by atoms with van der Waals surface area (Å²) in [6.07, 6.45) is 1.70. The molecule has 10 heteroatoms. The first kappa shape index (κ1) is 22.8. The number of nitrogens with zero attached hydrogens (tertiary/aromatic N) is 3. The van der Waals surface area contributed by atoms with E-state index in [0.29, 0.717) is 57.1 Å². The molecule has 1 aliphatic heterocycles. The second-order valence-electron chi connectivity index (χ2n) is 8.10. The number of methoxy groups -OCH3 is 3. The highest BCUT2D eigenvalue weighted by Gasteiger charge is 2.32. The van der Waals surface area contributed by atoms with Gasteiger partial charge in [0, 0.05) is 29.8 Å². The van der Waals surface area contributed by atoms with Crippen molar-refractivity contribution in [1.29, 1.82) is 0 Å². The topological polar surface area (TPSA) is 99.5 Å². The molecule has 3 heterocycles. The molecule has 2 aromatic carbocycles. The molecular weight excluding hydrogens is 470 g/mol. The van der Waals surface area contributed by atoms with Crippen LogP contribution < -0.4 is 24.8 Å². The minimum atomic E-state index is -0.219. The average molecular weight is 494 g/mol. The lowest BCUT2D eigenvalue weighted by molar-refractivity contribution is 0.0913. The Morgan fingerprint density at radius 3 is 2.63 bits per heavy atom. The zero-order valence-corrected chi connectivity index (χ0v) is 20.4. The number of nitrogens with one attached hydrogen (secondary N) is 2. The van der Waals surface area contributed by atoms with Crippen LogP contribution in [-0.4, -0.2) is 48.5 Å². The molecule has 2 N–H and O–H groups in total. The maximum Gasteiger partial charge on any atom is 0.271 e. The maximum atomic E-state index is 13.0. The van der Waals surface area contributed by atoms with Crippen molar-refractivity contribution in [3.63, 3.8) is 0 Å². The summed E-state index contributed by atoms with van der Waals surface area (Å²) in [5, 5.41) is 12.5. The van der Waals surface area contributed by atoms with Crippen molar-refractivity contribution in [3.8, 4) is 28.5 Å². The molecule has 4 aromatic rings. The first-order chi connectivity index (χ1) is 17.0. The predicted octanol–water partition coefficient (Wildman–Crippen LogP) is 4.83. The van der Waals surface area contributed by atoms with Crippen LogP contribution in [0.5, 0.6) is 17.2 Å². The zero-order valence-electron chi connectivity index (χ0n) is 19.7. The Morgan fingerprint density at radius 2 is 1.89 bits per heavy atom. The fourth-order valence-electron chi connectivity index (χ4n) is 4.32. The standard InChI is InChI=1S/C25H24ClN5O4/c1-13-12-28-25(32)23-22(29-17-7-5-6-16(26)24(17)35-4)21(30-31(13)23)14-8-9-27-18-11-20(34-3)19(33-2)10-15(14)18/h5-11,13,29H,12H2,1-4H3,(H,28,32)/t13-/m1/s1. The Bertz CT molecular complexity index is 1450. The van der Waals surface area contributed by atoms with Crippen molar-refractivity contribution in [2.45, 2.75) is 13.0 Å². The monoisotopic (exact) mass is 493 g/mol. The van der Waals surface area contributed by atoms with Crippen LogP contribution in [0.1, 0.15) is 23.5 Å². The van der Waals surface area contributed by atoms with E-state index in [4.69, 9.17) is 30.9 Å². The highest BCUT2D eigenvalue weighted by atomic mass is 35.5. The van der Waals surface area contributed by atoms with Gasteiger partial charge in [-0.2, -0.15) is 5.10 Å². The second-order valence-corrected chi connectivity index (χ2v) is 8.51. The van der Waals surface area contributed by atoms with Gasteiger partial charge in [-0.25, -0.2) is 0 Å². The maximum absolute atomic E-state index is 13.0. The van der Waals surface area contributed by atoms with Crippen LogP contribution in [0.4, 0.5) is 11.4 Å². The Balaban J connectivity index is 1.78. The summed E-state index contributed by atoms with van der Waals surface area (Å²) < 4.78 is 18.3. The van der Waals surface area contributed by atoms with Crippen LogP contribution in [0.3, 0.4) is 0 Å². The number of para-hydroxylation sites is 1. The fourth-order valence-corrected chi connectivity index (χ4v) is 4.57. The number of hydrogen-bond donors (Lipinski definition) is 2. The molecule has 0 aliphatic carbocycles. The number of fused-ring (bicyclic) bond motifs is 2. The van der Waals surface area contributed by atoms with E-state index in [9.17, 15) is 4.79 Å².